The number of rotatable bonds is 14. The summed E-state index contributed by atoms with van der Waals surface area (Å²) in [5.41, 5.74) is 1.30. The molecule has 0 bridgehead atoms. The molecule has 1 aromatic rings. The van der Waals surface area contributed by atoms with E-state index in [1.54, 1.807) is 13.8 Å². The topological polar surface area (TPSA) is 113 Å². The molecule has 9 atom stereocenters. The fourth-order valence-corrected chi connectivity index (χ4v) is 14.3. The molecule has 0 aliphatic heterocycles. The highest BCUT2D eigenvalue weighted by atomic mass is 35.5. The monoisotopic (exact) mass is 851 g/mol. The normalized spacial score (nSPS) is 34.2. The van der Waals surface area contributed by atoms with Gasteiger partial charge in [-0.15, -0.1) is 0 Å². The number of ketones is 1. The van der Waals surface area contributed by atoms with Crippen LogP contribution in [0.5, 0.6) is 0 Å². The van der Waals surface area contributed by atoms with E-state index in [0.717, 1.165) is 75.6 Å². The van der Waals surface area contributed by atoms with Gasteiger partial charge >= 0.3 is 17.9 Å². The number of halogens is 1. The Bertz CT molecular complexity index is 1870. The van der Waals surface area contributed by atoms with Gasteiger partial charge in [-0.1, -0.05) is 72.2 Å². The minimum Gasteiger partial charge on any atom is -0.481 e. The molecule has 0 heterocycles. The molecule has 4 fully saturated rings. The van der Waals surface area contributed by atoms with E-state index in [9.17, 15) is 24.3 Å². The summed E-state index contributed by atoms with van der Waals surface area (Å²) in [6.07, 6.45) is 7.08. The number of likely N-dealkylation sites (N-methyl/N-ethyl adjacent to an activating group) is 1. The van der Waals surface area contributed by atoms with Crippen LogP contribution in [0.4, 0.5) is 0 Å². The van der Waals surface area contributed by atoms with Gasteiger partial charge in [-0.2, -0.15) is 0 Å². The summed E-state index contributed by atoms with van der Waals surface area (Å²) in [4.78, 5) is 57.4. The molecule has 60 heavy (non-hydrogen) atoms. The maximum absolute atomic E-state index is 14.6. The van der Waals surface area contributed by atoms with Crippen molar-refractivity contribution in [3.63, 3.8) is 0 Å². The van der Waals surface area contributed by atoms with Crippen molar-refractivity contribution in [2.24, 2.45) is 56.2 Å². The second-order valence-corrected chi connectivity index (χ2v) is 22.8. The van der Waals surface area contributed by atoms with Gasteiger partial charge in [0.1, 0.15) is 12.2 Å². The number of hydrogen-bond donors (Lipinski definition) is 1. The van der Waals surface area contributed by atoms with Crippen LogP contribution in [0.25, 0.3) is 0 Å². The fraction of sp³-hybridized carbons (Fsp3) is 0.760. The summed E-state index contributed by atoms with van der Waals surface area (Å²) >= 11 is 6.46. The quantitative estimate of drug-likeness (QED) is 0.183. The smallest absolute Gasteiger partial charge is 0.309 e. The molecule has 5 aliphatic rings. The Balaban J connectivity index is 1.34. The van der Waals surface area contributed by atoms with Crippen LogP contribution in [-0.2, 0) is 35.2 Å². The van der Waals surface area contributed by atoms with Crippen LogP contribution in [0.1, 0.15) is 139 Å². The van der Waals surface area contributed by atoms with Gasteiger partial charge in [0.05, 0.1) is 11.8 Å². The Labute approximate surface area is 365 Å². The average Bonchev–Trinajstić information content (AvgIpc) is 3.44. The van der Waals surface area contributed by atoms with Gasteiger partial charge in [-0.05, 0) is 148 Å². The number of carbonyl (C=O) groups is 4. The number of ether oxygens (including phenoxy) is 2. The van der Waals surface area contributed by atoms with Crippen LogP contribution in [0, 0.1) is 56.2 Å². The van der Waals surface area contributed by atoms with Crippen molar-refractivity contribution in [1.29, 1.82) is 0 Å². The number of benzene rings is 1. The van der Waals surface area contributed by atoms with Gasteiger partial charge in [0.25, 0.3) is 0 Å². The first-order valence-electron chi connectivity index (χ1n) is 22.8. The predicted octanol–water partition coefficient (Wildman–Crippen LogP) is 10.0. The summed E-state index contributed by atoms with van der Waals surface area (Å²) in [6, 6.07) is 7.98. The number of allylic oxidation sites excluding steroid dienone is 1. The molecule has 5 aliphatic carbocycles. The highest BCUT2D eigenvalue weighted by molar-refractivity contribution is 6.30. The lowest BCUT2D eigenvalue weighted by Crippen LogP contribution is -2.66. The molecule has 0 spiro atoms. The van der Waals surface area contributed by atoms with Gasteiger partial charge < -0.3 is 19.5 Å². The lowest BCUT2D eigenvalue weighted by atomic mass is 9.33. The molecule has 6 rings (SSSR count). The van der Waals surface area contributed by atoms with Crippen molar-refractivity contribution in [2.45, 2.75) is 152 Å². The molecule has 1 unspecified atom stereocenters. The van der Waals surface area contributed by atoms with Crippen molar-refractivity contribution in [1.82, 2.24) is 9.80 Å². The highest BCUT2D eigenvalue weighted by Gasteiger charge is 2.71. The van der Waals surface area contributed by atoms with Crippen LogP contribution in [0.15, 0.2) is 35.4 Å². The standard InChI is InChI=1S/C50H75ClN2O7/c1-31(2)42-36(55)27-50(40(59-32(3)54)30-53(25-24-52(11)12)29-33-14-13-15-34(51)26-33)23-22-48(9)35(43(42)50)16-17-38-47(8)20-19-39(60-41(56)28-45(4,5)44(57)58)46(6,7)37(47)18-21-49(38,48)10/h13-15,26,31,35,37-40H,16-25,27-30H2,1-12H3,(H,57,58)/t35-,37+,38-,39+,40-,47+,48-,49-,50?/m1/s1. The van der Waals surface area contributed by atoms with Gasteiger partial charge in [-0.3, -0.25) is 24.1 Å². The van der Waals surface area contributed by atoms with Gasteiger partial charge in [0.2, 0.25) is 0 Å². The number of esters is 2. The lowest BCUT2D eigenvalue weighted by molar-refractivity contribution is -0.235. The first-order valence-corrected chi connectivity index (χ1v) is 23.2. The summed E-state index contributed by atoms with van der Waals surface area (Å²) in [6.45, 7) is 24.0. The van der Waals surface area contributed by atoms with Gasteiger partial charge in [0.15, 0.2) is 5.78 Å². The molecule has 0 aromatic heterocycles. The average molecular weight is 852 g/mol. The number of carbonyl (C=O) groups excluding carboxylic acids is 3. The van der Waals surface area contributed by atoms with Crippen LogP contribution in [-0.4, -0.2) is 84.5 Å². The molecular formula is C50H75ClN2O7. The molecular weight excluding hydrogens is 776 g/mol. The van der Waals surface area contributed by atoms with E-state index >= 15 is 0 Å². The van der Waals surface area contributed by atoms with Crippen LogP contribution < -0.4 is 0 Å². The van der Waals surface area contributed by atoms with E-state index < -0.39 is 28.9 Å². The Morgan fingerprint density at radius 3 is 2.25 bits per heavy atom. The Hall–Kier alpha value is -2.75. The number of nitrogens with zero attached hydrogens (tertiary/aromatic N) is 2. The zero-order valence-electron chi connectivity index (χ0n) is 38.8. The third-order valence-electron chi connectivity index (χ3n) is 17.4. The number of carboxylic acid groups (broad SMARTS) is 1. The van der Waals surface area contributed by atoms with Crippen molar-refractivity contribution < 1.29 is 33.8 Å². The molecule has 334 valence electrons. The van der Waals surface area contributed by atoms with Crippen molar-refractivity contribution >= 4 is 35.3 Å². The molecule has 4 saturated carbocycles. The van der Waals surface area contributed by atoms with Gasteiger partial charge in [0, 0.05) is 55.4 Å². The fourth-order valence-electron chi connectivity index (χ4n) is 14.1. The maximum atomic E-state index is 14.6. The van der Waals surface area contributed by atoms with E-state index in [2.05, 4.69) is 78.4 Å². The zero-order chi connectivity index (χ0) is 44.4. The second-order valence-electron chi connectivity index (χ2n) is 22.3. The third-order valence-corrected chi connectivity index (χ3v) is 17.6. The van der Waals surface area contributed by atoms with E-state index in [1.165, 1.54) is 12.5 Å². The van der Waals surface area contributed by atoms with Crippen LogP contribution >= 0.6 is 11.6 Å². The minimum absolute atomic E-state index is 0.000408. The number of fused-ring (bicyclic) bond motifs is 7. The molecule has 1 N–H and O–H groups in total. The number of hydrogen-bond acceptors (Lipinski definition) is 8. The number of Topliss-reactive ketones (excluding diaryl/α,β-unsaturated/α-hetero) is 1. The van der Waals surface area contributed by atoms with Crippen molar-refractivity contribution in [3.8, 4) is 0 Å². The third kappa shape index (κ3) is 8.15. The predicted molar refractivity (Wildman–Crippen MR) is 236 cm³/mol. The molecule has 10 heteroatoms. The summed E-state index contributed by atoms with van der Waals surface area (Å²) in [5.74, 6) is -0.472. The number of aliphatic carboxylic acids is 1. The van der Waals surface area contributed by atoms with Crippen molar-refractivity contribution in [3.05, 3.63) is 46.0 Å². The minimum atomic E-state index is -1.18. The first kappa shape index (κ1) is 46.7. The Morgan fingerprint density at radius 2 is 1.63 bits per heavy atom. The summed E-state index contributed by atoms with van der Waals surface area (Å²) in [7, 11) is 4.15. The lowest BCUT2D eigenvalue weighted by Gasteiger charge is -2.72. The van der Waals surface area contributed by atoms with Crippen LogP contribution in [0.2, 0.25) is 5.02 Å². The SMILES string of the molecule is CC(=O)O[C@H](CN(CCN(C)C)Cc1cccc(Cl)c1)C12CC[C@]3(C)[C@H](CC[C@@H]4[C@@]5(C)CC[C@H](OC(=O)CC(C)(C)C(=O)O)C(C)(C)[C@@H]5CC[C@]43C)C1=C(C(C)C)C(=O)C2. The number of carboxylic acids is 1. The highest BCUT2D eigenvalue weighted by Crippen LogP contribution is 2.77. The molecule has 9 nitrogen and oxygen atoms in total. The summed E-state index contributed by atoms with van der Waals surface area (Å²) in [5, 5.41) is 10.4. The van der Waals surface area contributed by atoms with Crippen LogP contribution in [0.3, 0.4) is 0 Å². The van der Waals surface area contributed by atoms with Crippen molar-refractivity contribution in [2.75, 3.05) is 33.7 Å². The second kappa shape index (κ2) is 16.7. The van der Waals surface area contributed by atoms with E-state index in [1.807, 2.05) is 18.2 Å². The molecule has 0 amide bonds. The molecule has 1 aromatic carbocycles. The Kier molecular flexibility index (Phi) is 13.0. The van der Waals surface area contributed by atoms with E-state index in [4.69, 9.17) is 21.1 Å². The molecule has 0 saturated heterocycles. The van der Waals surface area contributed by atoms with Gasteiger partial charge in [-0.25, -0.2) is 0 Å². The summed E-state index contributed by atoms with van der Waals surface area (Å²) < 4.78 is 12.7. The first-order chi connectivity index (χ1) is 27.8. The maximum Gasteiger partial charge on any atom is 0.309 e. The Morgan fingerprint density at radius 1 is 0.933 bits per heavy atom. The zero-order valence-corrected chi connectivity index (χ0v) is 39.6. The van der Waals surface area contributed by atoms with E-state index in [-0.39, 0.29) is 57.8 Å². The molecule has 0 radical (unpaired) electrons. The van der Waals surface area contributed by atoms with E-state index in [0.29, 0.717) is 36.4 Å². The largest absolute Gasteiger partial charge is 0.481 e.